The van der Waals surface area contributed by atoms with Gasteiger partial charge in [0.1, 0.15) is 6.17 Å². The van der Waals surface area contributed by atoms with Crippen molar-refractivity contribution in [3.63, 3.8) is 0 Å². The molecule has 3 heteroatoms. The standard InChI is InChI=1S/C10H17FO2/c1-2-3-4-5-6-13-10(12)8-7-9(8)11/h8-9H,2-7H2,1H3/t8-,9+/m0/s1. The molecule has 0 spiro atoms. The molecular weight excluding hydrogens is 171 g/mol. The van der Waals surface area contributed by atoms with E-state index in [-0.39, 0.29) is 5.97 Å². The number of halogens is 1. The van der Waals surface area contributed by atoms with Gasteiger partial charge < -0.3 is 4.74 Å². The van der Waals surface area contributed by atoms with Gasteiger partial charge in [0.2, 0.25) is 0 Å². The normalized spacial score (nSPS) is 25.7. The van der Waals surface area contributed by atoms with Crippen molar-refractivity contribution in [1.82, 2.24) is 0 Å². The Balaban J connectivity index is 1.91. The zero-order chi connectivity index (χ0) is 9.68. The van der Waals surface area contributed by atoms with Crippen molar-refractivity contribution in [3.8, 4) is 0 Å². The van der Waals surface area contributed by atoms with Crippen molar-refractivity contribution in [2.75, 3.05) is 6.61 Å². The summed E-state index contributed by atoms with van der Waals surface area (Å²) in [7, 11) is 0. The highest BCUT2D eigenvalue weighted by Crippen LogP contribution is 2.34. The van der Waals surface area contributed by atoms with E-state index in [1.807, 2.05) is 0 Å². The summed E-state index contributed by atoms with van der Waals surface area (Å²) in [6.45, 7) is 2.59. The summed E-state index contributed by atoms with van der Waals surface area (Å²) in [4.78, 5) is 11.0. The Kier molecular flexibility index (Phi) is 4.19. The highest BCUT2D eigenvalue weighted by atomic mass is 19.1. The quantitative estimate of drug-likeness (QED) is 0.473. The van der Waals surface area contributed by atoms with Gasteiger partial charge in [-0.1, -0.05) is 26.2 Å². The van der Waals surface area contributed by atoms with Crippen molar-refractivity contribution in [2.45, 2.75) is 45.2 Å². The van der Waals surface area contributed by atoms with Crippen LogP contribution in [-0.2, 0) is 9.53 Å². The third kappa shape index (κ3) is 3.75. The van der Waals surface area contributed by atoms with Crippen LogP contribution in [0.4, 0.5) is 4.39 Å². The molecule has 0 amide bonds. The molecule has 0 aromatic heterocycles. The fourth-order valence-electron chi connectivity index (χ4n) is 1.22. The zero-order valence-corrected chi connectivity index (χ0v) is 8.09. The van der Waals surface area contributed by atoms with Gasteiger partial charge in [0, 0.05) is 0 Å². The lowest BCUT2D eigenvalue weighted by molar-refractivity contribution is -0.145. The van der Waals surface area contributed by atoms with E-state index < -0.39 is 12.1 Å². The first-order valence-corrected chi connectivity index (χ1v) is 5.06. The number of rotatable bonds is 6. The predicted molar refractivity (Wildman–Crippen MR) is 48.1 cm³/mol. The van der Waals surface area contributed by atoms with E-state index in [1.54, 1.807) is 0 Å². The minimum Gasteiger partial charge on any atom is -0.465 e. The minimum atomic E-state index is -0.928. The summed E-state index contributed by atoms with van der Waals surface area (Å²) in [5.74, 6) is -0.782. The van der Waals surface area contributed by atoms with Gasteiger partial charge in [-0.2, -0.15) is 0 Å². The summed E-state index contributed by atoms with van der Waals surface area (Å²) in [5.41, 5.74) is 0. The minimum absolute atomic E-state index is 0.344. The number of hydrogen-bond acceptors (Lipinski definition) is 2. The van der Waals surface area contributed by atoms with Crippen LogP contribution < -0.4 is 0 Å². The largest absolute Gasteiger partial charge is 0.465 e. The van der Waals surface area contributed by atoms with Crippen molar-refractivity contribution in [3.05, 3.63) is 0 Å². The average molecular weight is 188 g/mol. The maximum atomic E-state index is 12.4. The molecule has 1 rings (SSSR count). The summed E-state index contributed by atoms with van der Waals surface area (Å²) in [6, 6.07) is 0. The second kappa shape index (κ2) is 5.20. The number of hydrogen-bond donors (Lipinski definition) is 0. The predicted octanol–water partition coefficient (Wildman–Crippen LogP) is 2.47. The third-order valence-electron chi connectivity index (χ3n) is 2.26. The Morgan fingerprint density at radius 1 is 1.46 bits per heavy atom. The van der Waals surface area contributed by atoms with E-state index in [2.05, 4.69) is 6.92 Å². The molecule has 0 bridgehead atoms. The third-order valence-corrected chi connectivity index (χ3v) is 2.26. The van der Waals surface area contributed by atoms with Crippen LogP contribution in [0.15, 0.2) is 0 Å². The fraction of sp³-hybridized carbons (Fsp3) is 0.900. The first-order chi connectivity index (χ1) is 6.25. The molecule has 0 N–H and O–H groups in total. The van der Waals surface area contributed by atoms with E-state index in [4.69, 9.17) is 4.74 Å². The molecule has 76 valence electrons. The highest BCUT2D eigenvalue weighted by molar-refractivity contribution is 5.76. The summed E-state index contributed by atoms with van der Waals surface area (Å²) in [6.07, 6.45) is 3.78. The molecule has 0 radical (unpaired) electrons. The first-order valence-electron chi connectivity index (χ1n) is 5.06. The molecule has 0 unspecified atom stereocenters. The molecule has 2 nitrogen and oxygen atoms in total. The Bertz CT molecular complexity index is 170. The topological polar surface area (TPSA) is 26.3 Å². The second-order valence-corrected chi connectivity index (χ2v) is 3.59. The number of alkyl halides is 1. The molecule has 13 heavy (non-hydrogen) atoms. The van der Waals surface area contributed by atoms with Gasteiger partial charge in [-0.15, -0.1) is 0 Å². The zero-order valence-electron chi connectivity index (χ0n) is 8.09. The van der Waals surface area contributed by atoms with Crippen LogP contribution in [-0.4, -0.2) is 18.7 Å². The first kappa shape index (κ1) is 10.5. The Hall–Kier alpha value is -0.600. The summed E-state index contributed by atoms with van der Waals surface area (Å²) in [5, 5.41) is 0. The van der Waals surface area contributed by atoms with Crippen LogP contribution in [0.2, 0.25) is 0 Å². The van der Waals surface area contributed by atoms with E-state index in [0.29, 0.717) is 13.0 Å². The molecular formula is C10H17FO2. The van der Waals surface area contributed by atoms with Gasteiger partial charge in [-0.05, 0) is 12.8 Å². The number of carbonyl (C=O) groups is 1. The number of carbonyl (C=O) groups excluding carboxylic acids is 1. The van der Waals surface area contributed by atoms with Crippen LogP contribution in [0, 0.1) is 5.92 Å². The summed E-state index contributed by atoms with van der Waals surface area (Å²) < 4.78 is 17.3. The number of ether oxygens (including phenoxy) is 1. The van der Waals surface area contributed by atoms with Gasteiger partial charge in [0.15, 0.2) is 0 Å². The lowest BCUT2D eigenvalue weighted by Crippen LogP contribution is -2.09. The van der Waals surface area contributed by atoms with Crippen LogP contribution in [0.25, 0.3) is 0 Å². The maximum Gasteiger partial charge on any atom is 0.312 e. The van der Waals surface area contributed by atoms with E-state index >= 15 is 0 Å². The van der Waals surface area contributed by atoms with Crippen LogP contribution in [0.3, 0.4) is 0 Å². The maximum absolute atomic E-state index is 12.4. The molecule has 0 aliphatic heterocycles. The van der Waals surface area contributed by atoms with Crippen molar-refractivity contribution >= 4 is 5.97 Å². The fourth-order valence-corrected chi connectivity index (χ4v) is 1.22. The number of unbranched alkanes of at least 4 members (excludes halogenated alkanes) is 3. The smallest absolute Gasteiger partial charge is 0.312 e. The van der Waals surface area contributed by atoms with Crippen molar-refractivity contribution < 1.29 is 13.9 Å². The van der Waals surface area contributed by atoms with Crippen molar-refractivity contribution in [1.29, 1.82) is 0 Å². The highest BCUT2D eigenvalue weighted by Gasteiger charge is 2.44. The van der Waals surface area contributed by atoms with E-state index in [1.165, 1.54) is 12.8 Å². The van der Waals surface area contributed by atoms with Gasteiger partial charge in [-0.3, -0.25) is 4.79 Å². The van der Waals surface area contributed by atoms with E-state index in [0.717, 1.165) is 12.8 Å². The SMILES string of the molecule is CCCCCCOC(=O)[C@H]1C[C@H]1F. The van der Waals surface area contributed by atoms with Crippen LogP contribution in [0.5, 0.6) is 0 Å². The lowest BCUT2D eigenvalue weighted by Gasteiger charge is -2.02. The summed E-state index contributed by atoms with van der Waals surface area (Å²) >= 11 is 0. The lowest BCUT2D eigenvalue weighted by atomic mass is 10.2. The number of esters is 1. The van der Waals surface area contributed by atoms with Crippen LogP contribution >= 0.6 is 0 Å². The van der Waals surface area contributed by atoms with Gasteiger partial charge in [-0.25, -0.2) is 4.39 Å². The van der Waals surface area contributed by atoms with Crippen molar-refractivity contribution in [2.24, 2.45) is 5.92 Å². The van der Waals surface area contributed by atoms with Crippen LogP contribution in [0.1, 0.15) is 39.0 Å². The molecule has 2 atom stereocenters. The molecule has 0 aromatic rings. The Labute approximate surface area is 78.5 Å². The molecule has 1 aliphatic rings. The Morgan fingerprint density at radius 2 is 2.15 bits per heavy atom. The second-order valence-electron chi connectivity index (χ2n) is 3.59. The van der Waals surface area contributed by atoms with E-state index in [9.17, 15) is 9.18 Å². The molecule has 0 heterocycles. The monoisotopic (exact) mass is 188 g/mol. The molecule has 1 aliphatic carbocycles. The van der Waals surface area contributed by atoms with Gasteiger partial charge in [0.25, 0.3) is 0 Å². The molecule has 0 saturated heterocycles. The molecule has 1 saturated carbocycles. The Morgan fingerprint density at radius 3 is 2.69 bits per heavy atom. The molecule has 1 fully saturated rings. The van der Waals surface area contributed by atoms with Gasteiger partial charge >= 0.3 is 5.97 Å². The molecule has 0 aromatic carbocycles. The van der Waals surface area contributed by atoms with Gasteiger partial charge in [0.05, 0.1) is 12.5 Å². The average Bonchev–Trinajstić information content (AvgIpc) is 2.82.